The first kappa shape index (κ1) is 27.3. The Bertz CT molecular complexity index is 1600. The number of aromatic hydroxyl groups is 1. The van der Waals surface area contributed by atoms with E-state index in [2.05, 4.69) is 6.07 Å². The fourth-order valence-electron chi connectivity index (χ4n) is 5.17. The van der Waals surface area contributed by atoms with Crippen LogP contribution in [0.15, 0.2) is 60.7 Å². The van der Waals surface area contributed by atoms with Crippen LogP contribution in [-0.4, -0.2) is 40.0 Å². The molecular weight excluding hydrogens is 540 g/mol. The Hall–Kier alpha value is -4.92. The van der Waals surface area contributed by atoms with E-state index in [1.807, 2.05) is 48.5 Å². The second-order valence-electron chi connectivity index (χ2n) is 9.94. The summed E-state index contributed by atoms with van der Waals surface area (Å²) in [4.78, 5) is 0. The lowest BCUT2D eigenvalue weighted by Gasteiger charge is -2.17. The molecule has 6 rings (SSSR count). The van der Waals surface area contributed by atoms with Crippen molar-refractivity contribution in [1.29, 1.82) is 0 Å². The normalized spacial score (nSPS) is 12.7. The average molecular weight is 573 g/mol. The van der Waals surface area contributed by atoms with Gasteiger partial charge in [0.2, 0.25) is 25.1 Å². The molecule has 0 aliphatic carbocycles. The highest BCUT2D eigenvalue weighted by Crippen LogP contribution is 2.47. The third kappa shape index (κ3) is 5.63. The Morgan fingerprint density at radius 3 is 2.02 bits per heavy atom. The lowest BCUT2D eigenvalue weighted by atomic mass is 10.0. The van der Waals surface area contributed by atoms with Crippen molar-refractivity contribution in [3.05, 3.63) is 82.9 Å². The molecule has 0 atom stereocenters. The lowest BCUT2D eigenvalue weighted by Crippen LogP contribution is -2.00. The zero-order chi connectivity index (χ0) is 29.1. The van der Waals surface area contributed by atoms with Crippen LogP contribution in [0.4, 0.5) is 0 Å². The Labute approximate surface area is 244 Å². The van der Waals surface area contributed by atoms with E-state index in [-0.39, 0.29) is 19.3 Å². The maximum Gasteiger partial charge on any atom is 0.231 e. The van der Waals surface area contributed by atoms with Crippen molar-refractivity contribution < 1.29 is 43.0 Å². The molecule has 0 saturated carbocycles. The third-order valence-electron chi connectivity index (χ3n) is 7.32. The van der Waals surface area contributed by atoms with Crippen LogP contribution in [0.25, 0.3) is 0 Å². The molecule has 0 aromatic heterocycles. The number of aryl methyl sites for hydroxylation is 4. The van der Waals surface area contributed by atoms with Crippen molar-refractivity contribution in [2.45, 2.75) is 25.7 Å². The number of benzene rings is 4. The van der Waals surface area contributed by atoms with Crippen molar-refractivity contribution >= 4 is 0 Å². The Balaban J connectivity index is 1.25. The van der Waals surface area contributed by atoms with Gasteiger partial charge in [-0.3, -0.25) is 0 Å². The first-order valence-electron chi connectivity index (χ1n) is 13.6. The molecule has 0 radical (unpaired) electrons. The van der Waals surface area contributed by atoms with Crippen LogP contribution in [0.5, 0.6) is 57.5 Å². The molecule has 9 nitrogen and oxygen atoms in total. The van der Waals surface area contributed by atoms with Gasteiger partial charge in [0.05, 0.1) is 21.3 Å². The van der Waals surface area contributed by atoms with Crippen LogP contribution in [0.3, 0.4) is 0 Å². The SMILES string of the molecule is COc1cccc(CCc2cc(Oc3cc(CCc4cc(O)c5c(c4)OCO5)cc4c3OCO4)c(OC)cc2OC)c1. The minimum absolute atomic E-state index is 0.0727. The van der Waals surface area contributed by atoms with E-state index in [1.165, 1.54) is 0 Å². The van der Waals surface area contributed by atoms with Gasteiger partial charge in [-0.2, -0.15) is 0 Å². The number of ether oxygens (including phenoxy) is 8. The number of fused-ring (bicyclic) bond motifs is 2. The molecule has 0 amide bonds. The molecule has 0 unspecified atom stereocenters. The predicted octanol–water partition coefficient (Wildman–Crippen LogP) is 6.24. The van der Waals surface area contributed by atoms with Crippen molar-refractivity contribution in [3.8, 4) is 57.5 Å². The van der Waals surface area contributed by atoms with E-state index in [4.69, 9.17) is 37.9 Å². The summed E-state index contributed by atoms with van der Waals surface area (Å²) in [5, 5.41) is 10.3. The van der Waals surface area contributed by atoms with E-state index in [0.717, 1.165) is 40.8 Å². The standard InChI is InChI=1S/C33H32O9/c1-35-24-6-4-5-20(11-24)9-10-23-16-28(27(37-3)17-26(23)36-2)42-31-15-22(14-30-33(31)41-19-39-30)8-7-21-12-25(34)32-29(13-21)38-18-40-32/h4-6,11-17,34H,7-10,18-19H2,1-3H3. The minimum atomic E-state index is 0.0727. The fraction of sp³-hybridized carbons (Fsp3) is 0.273. The number of phenolic OH excluding ortho intramolecular Hbond substituents is 1. The van der Waals surface area contributed by atoms with Gasteiger partial charge >= 0.3 is 0 Å². The smallest absolute Gasteiger partial charge is 0.231 e. The zero-order valence-corrected chi connectivity index (χ0v) is 23.7. The van der Waals surface area contributed by atoms with Gasteiger partial charge in [0.1, 0.15) is 11.5 Å². The molecule has 4 aromatic rings. The lowest BCUT2D eigenvalue weighted by molar-refractivity contribution is 0.171. The molecule has 2 aliphatic heterocycles. The summed E-state index contributed by atoms with van der Waals surface area (Å²) >= 11 is 0. The van der Waals surface area contributed by atoms with E-state index < -0.39 is 0 Å². The van der Waals surface area contributed by atoms with Gasteiger partial charge in [-0.25, -0.2) is 0 Å². The molecule has 0 spiro atoms. The minimum Gasteiger partial charge on any atom is -0.504 e. The molecule has 4 aromatic carbocycles. The van der Waals surface area contributed by atoms with Crippen molar-refractivity contribution in [2.24, 2.45) is 0 Å². The Kier molecular flexibility index (Phi) is 7.72. The van der Waals surface area contributed by atoms with Crippen LogP contribution >= 0.6 is 0 Å². The molecule has 2 aliphatic rings. The van der Waals surface area contributed by atoms with Crippen molar-refractivity contribution in [2.75, 3.05) is 34.9 Å². The number of hydrogen-bond donors (Lipinski definition) is 1. The molecule has 0 bridgehead atoms. The maximum atomic E-state index is 10.3. The van der Waals surface area contributed by atoms with E-state index in [0.29, 0.717) is 58.8 Å². The van der Waals surface area contributed by atoms with Crippen LogP contribution in [-0.2, 0) is 25.7 Å². The molecule has 42 heavy (non-hydrogen) atoms. The van der Waals surface area contributed by atoms with Gasteiger partial charge in [0.15, 0.2) is 34.5 Å². The van der Waals surface area contributed by atoms with Gasteiger partial charge < -0.3 is 43.0 Å². The number of methoxy groups -OCH3 is 3. The number of hydrogen-bond acceptors (Lipinski definition) is 9. The monoisotopic (exact) mass is 572 g/mol. The van der Waals surface area contributed by atoms with E-state index >= 15 is 0 Å². The molecule has 218 valence electrons. The largest absolute Gasteiger partial charge is 0.504 e. The summed E-state index contributed by atoms with van der Waals surface area (Å²) in [7, 11) is 4.91. The predicted molar refractivity (Wildman–Crippen MR) is 154 cm³/mol. The first-order chi connectivity index (χ1) is 20.5. The van der Waals surface area contributed by atoms with Gasteiger partial charge in [0, 0.05) is 6.07 Å². The summed E-state index contributed by atoms with van der Waals surface area (Å²) in [5.74, 6) is 5.29. The summed E-state index contributed by atoms with van der Waals surface area (Å²) in [6.07, 6.45) is 2.83. The van der Waals surface area contributed by atoms with Crippen LogP contribution < -0.4 is 37.9 Å². The first-order valence-corrected chi connectivity index (χ1v) is 13.6. The molecule has 2 heterocycles. The summed E-state index contributed by atoms with van der Waals surface area (Å²) in [5.41, 5.74) is 4.04. The number of phenols is 1. The highest BCUT2D eigenvalue weighted by Gasteiger charge is 2.24. The van der Waals surface area contributed by atoms with Gasteiger partial charge in [0.25, 0.3) is 0 Å². The Morgan fingerprint density at radius 2 is 1.29 bits per heavy atom. The van der Waals surface area contributed by atoms with Gasteiger partial charge in [-0.1, -0.05) is 12.1 Å². The van der Waals surface area contributed by atoms with Gasteiger partial charge in [-0.15, -0.1) is 0 Å². The second-order valence-corrected chi connectivity index (χ2v) is 9.94. The topological polar surface area (TPSA) is 94.1 Å². The zero-order valence-electron chi connectivity index (χ0n) is 23.7. The third-order valence-corrected chi connectivity index (χ3v) is 7.32. The molecule has 9 heteroatoms. The number of rotatable bonds is 11. The Morgan fingerprint density at radius 1 is 0.595 bits per heavy atom. The van der Waals surface area contributed by atoms with E-state index in [1.54, 1.807) is 27.4 Å². The highest BCUT2D eigenvalue weighted by molar-refractivity contribution is 5.59. The summed E-state index contributed by atoms with van der Waals surface area (Å²) in [6, 6.07) is 19.3. The quantitative estimate of drug-likeness (QED) is 0.224. The molecular formula is C33H32O9. The highest BCUT2D eigenvalue weighted by atomic mass is 16.7. The molecule has 1 N–H and O–H groups in total. The fourth-order valence-corrected chi connectivity index (χ4v) is 5.17. The van der Waals surface area contributed by atoms with Crippen molar-refractivity contribution in [3.63, 3.8) is 0 Å². The van der Waals surface area contributed by atoms with Crippen LogP contribution in [0.2, 0.25) is 0 Å². The van der Waals surface area contributed by atoms with E-state index in [9.17, 15) is 5.11 Å². The molecule has 0 saturated heterocycles. The van der Waals surface area contributed by atoms with Crippen molar-refractivity contribution in [1.82, 2.24) is 0 Å². The van der Waals surface area contributed by atoms with Crippen LogP contribution in [0.1, 0.15) is 22.3 Å². The molecule has 0 fully saturated rings. The average Bonchev–Trinajstić information content (AvgIpc) is 3.69. The maximum absolute atomic E-state index is 10.3. The summed E-state index contributed by atoms with van der Waals surface area (Å²) < 4.78 is 45.5. The second kappa shape index (κ2) is 11.9. The van der Waals surface area contributed by atoms with Gasteiger partial charge in [-0.05, 0) is 90.4 Å². The summed E-state index contributed by atoms with van der Waals surface area (Å²) in [6.45, 7) is 0.212. The van der Waals surface area contributed by atoms with Crippen LogP contribution in [0, 0.1) is 0 Å².